The van der Waals surface area contributed by atoms with Crippen LogP contribution in [-0.2, 0) is 9.59 Å². The monoisotopic (exact) mass is 199 g/mol. The number of amides is 2. The molecule has 3 nitrogen and oxygen atoms in total. The van der Waals surface area contributed by atoms with E-state index in [2.05, 4.69) is 0 Å². The molecule has 0 unspecified atom stereocenters. The van der Waals surface area contributed by atoms with E-state index in [-0.39, 0.29) is 17.4 Å². The van der Waals surface area contributed by atoms with E-state index in [1.165, 1.54) is 18.7 Å². The van der Waals surface area contributed by atoms with Crippen molar-refractivity contribution in [2.24, 2.45) is 0 Å². The zero-order valence-electron chi connectivity index (χ0n) is 9.89. The van der Waals surface area contributed by atoms with E-state index in [1.54, 1.807) is 0 Å². The molecule has 0 saturated heterocycles. The van der Waals surface area contributed by atoms with Crippen molar-refractivity contribution >= 4 is 11.8 Å². The Morgan fingerprint density at radius 1 is 0.929 bits per heavy atom. The average Bonchev–Trinajstić information content (AvgIpc) is 2.12. The number of imide groups is 1. The average molecular weight is 199 g/mol. The van der Waals surface area contributed by atoms with Crippen molar-refractivity contribution in [1.82, 2.24) is 4.90 Å². The summed E-state index contributed by atoms with van der Waals surface area (Å²) in [5, 5.41) is 0. The van der Waals surface area contributed by atoms with Gasteiger partial charge in [0, 0.05) is 19.4 Å². The van der Waals surface area contributed by atoms with Crippen molar-refractivity contribution in [3.8, 4) is 0 Å². The molecule has 0 fully saturated rings. The minimum atomic E-state index is -0.280. The van der Waals surface area contributed by atoms with Crippen molar-refractivity contribution in [2.45, 2.75) is 59.4 Å². The summed E-state index contributed by atoms with van der Waals surface area (Å²) in [4.78, 5) is 24.2. The Kier molecular flexibility index (Phi) is 4.81. The summed E-state index contributed by atoms with van der Waals surface area (Å²) in [6, 6.07) is 0. The molecular formula is C11H21NO2. The summed E-state index contributed by atoms with van der Waals surface area (Å²) >= 11 is 0. The van der Waals surface area contributed by atoms with Gasteiger partial charge in [-0.25, -0.2) is 0 Å². The predicted octanol–water partition coefficient (Wildman–Crippen LogP) is 2.35. The van der Waals surface area contributed by atoms with Gasteiger partial charge in [-0.2, -0.15) is 0 Å². The highest BCUT2D eigenvalue weighted by molar-refractivity contribution is 5.93. The van der Waals surface area contributed by atoms with Crippen LogP contribution in [0.1, 0.15) is 53.9 Å². The maximum absolute atomic E-state index is 11.4. The molecule has 0 saturated carbocycles. The summed E-state index contributed by atoms with van der Waals surface area (Å²) in [6.45, 7) is 8.97. The fourth-order valence-corrected chi connectivity index (χ4v) is 2.11. The van der Waals surface area contributed by atoms with Crippen LogP contribution in [0.2, 0.25) is 0 Å². The smallest absolute Gasteiger partial charge is 0.226 e. The molecule has 0 aromatic heterocycles. The number of carbonyl (C=O) groups is 2. The molecule has 2 amide bonds. The van der Waals surface area contributed by atoms with Gasteiger partial charge in [-0.15, -0.1) is 0 Å². The Hall–Kier alpha value is -0.860. The van der Waals surface area contributed by atoms with E-state index >= 15 is 0 Å². The molecule has 82 valence electrons. The Labute approximate surface area is 86.5 Å². The van der Waals surface area contributed by atoms with Crippen LogP contribution < -0.4 is 0 Å². The zero-order valence-corrected chi connectivity index (χ0v) is 9.89. The lowest BCUT2D eigenvalue weighted by Gasteiger charge is -2.40. The van der Waals surface area contributed by atoms with E-state index in [1.807, 2.05) is 20.8 Å². The molecule has 0 aliphatic heterocycles. The summed E-state index contributed by atoms with van der Waals surface area (Å²) < 4.78 is 0. The molecule has 14 heavy (non-hydrogen) atoms. The molecule has 0 aliphatic rings. The van der Waals surface area contributed by atoms with E-state index in [0.29, 0.717) is 0 Å². The van der Waals surface area contributed by atoms with Crippen LogP contribution in [0.15, 0.2) is 0 Å². The van der Waals surface area contributed by atoms with Gasteiger partial charge in [0.25, 0.3) is 0 Å². The number of carbonyl (C=O) groups excluding carboxylic acids is 2. The van der Waals surface area contributed by atoms with Gasteiger partial charge in [0.2, 0.25) is 11.8 Å². The number of rotatable bonds is 4. The second-order valence-corrected chi connectivity index (χ2v) is 3.66. The van der Waals surface area contributed by atoms with Gasteiger partial charge in [0.1, 0.15) is 0 Å². The lowest BCUT2D eigenvalue weighted by molar-refractivity contribution is -0.150. The topological polar surface area (TPSA) is 37.4 Å². The Morgan fingerprint density at radius 2 is 1.21 bits per heavy atom. The fraction of sp³-hybridized carbons (Fsp3) is 0.818. The largest absolute Gasteiger partial charge is 0.277 e. The van der Waals surface area contributed by atoms with Gasteiger partial charge in [-0.1, -0.05) is 20.8 Å². The van der Waals surface area contributed by atoms with Crippen LogP contribution in [0, 0.1) is 0 Å². The third kappa shape index (κ3) is 2.34. The van der Waals surface area contributed by atoms with Crippen LogP contribution >= 0.6 is 0 Å². The number of hydrogen-bond donors (Lipinski definition) is 0. The molecule has 0 atom stereocenters. The van der Waals surface area contributed by atoms with Crippen LogP contribution in [0.5, 0.6) is 0 Å². The maximum Gasteiger partial charge on any atom is 0.226 e. The first-order valence-corrected chi connectivity index (χ1v) is 5.26. The lowest BCUT2D eigenvalue weighted by atomic mass is 9.87. The first kappa shape index (κ1) is 13.1. The molecule has 0 rings (SSSR count). The Morgan fingerprint density at radius 3 is 1.29 bits per heavy atom. The summed E-state index contributed by atoms with van der Waals surface area (Å²) in [5.74, 6) is -0.300. The summed E-state index contributed by atoms with van der Waals surface area (Å²) in [5.41, 5.74) is -0.280. The normalized spacial score (nSPS) is 11.2. The lowest BCUT2D eigenvalue weighted by Crippen LogP contribution is -2.52. The van der Waals surface area contributed by atoms with Gasteiger partial charge >= 0.3 is 0 Å². The molecule has 0 bridgehead atoms. The highest BCUT2D eigenvalue weighted by Gasteiger charge is 2.36. The van der Waals surface area contributed by atoms with Gasteiger partial charge in [-0.05, 0) is 19.3 Å². The number of nitrogens with zero attached hydrogens (tertiary/aromatic N) is 1. The minimum absolute atomic E-state index is 0.150. The van der Waals surface area contributed by atoms with Gasteiger partial charge < -0.3 is 0 Å². The first-order chi connectivity index (χ1) is 6.45. The second-order valence-electron chi connectivity index (χ2n) is 3.66. The van der Waals surface area contributed by atoms with Crippen LogP contribution in [0.4, 0.5) is 0 Å². The minimum Gasteiger partial charge on any atom is -0.277 e. The third-order valence-corrected chi connectivity index (χ3v) is 3.08. The predicted molar refractivity (Wildman–Crippen MR) is 56.8 cm³/mol. The van der Waals surface area contributed by atoms with Crippen molar-refractivity contribution in [3.63, 3.8) is 0 Å². The highest BCUT2D eigenvalue weighted by Crippen LogP contribution is 2.28. The highest BCUT2D eigenvalue weighted by atomic mass is 16.2. The van der Waals surface area contributed by atoms with Crippen molar-refractivity contribution < 1.29 is 9.59 Å². The maximum atomic E-state index is 11.4. The quantitative estimate of drug-likeness (QED) is 0.697. The molecule has 0 N–H and O–H groups in total. The van der Waals surface area contributed by atoms with Gasteiger partial charge in [0.05, 0.1) is 0 Å². The van der Waals surface area contributed by atoms with Crippen molar-refractivity contribution in [1.29, 1.82) is 0 Å². The van der Waals surface area contributed by atoms with Gasteiger partial charge in [0.15, 0.2) is 0 Å². The van der Waals surface area contributed by atoms with E-state index in [9.17, 15) is 9.59 Å². The molecule has 0 heterocycles. The fourth-order valence-electron chi connectivity index (χ4n) is 2.11. The molecule has 0 aromatic rings. The van der Waals surface area contributed by atoms with Gasteiger partial charge in [-0.3, -0.25) is 14.5 Å². The molecule has 0 spiro atoms. The van der Waals surface area contributed by atoms with E-state index in [0.717, 1.165) is 19.3 Å². The van der Waals surface area contributed by atoms with E-state index in [4.69, 9.17) is 0 Å². The van der Waals surface area contributed by atoms with Crippen LogP contribution in [-0.4, -0.2) is 22.3 Å². The third-order valence-electron chi connectivity index (χ3n) is 3.08. The van der Waals surface area contributed by atoms with Crippen LogP contribution in [0.25, 0.3) is 0 Å². The molecular weight excluding hydrogens is 178 g/mol. The zero-order chi connectivity index (χ0) is 11.4. The van der Waals surface area contributed by atoms with E-state index < -0.39 is 0 Å². The van der Waals surface area contributed by atoms with Crippen molar-refractivity contribution in [3.05, 3.63) is 0 Å². The van der Waals surface area contributed by atoms with Crippen LogP contribution in [0.3, 0.4) is 0 Å². The molecule has 0 aliphatic carbocycles. The Balaban J connectivity index is 5.10. The first-order valence-electron chi connectivity index (χ1n) is 5.26. The standard InChI is InChI=1S/C11H21NO2/c1-6-11(7-2,8-3)12(9(4)13)10(5)14/h6-8H2,1-5H3. The number of hydrogen-bond acceptors (Lipinski definition) is 2. The summed E-state index contributed by atoms with van der Waals surface area (Å²) in [7, 11) is 0. The van der Waals surface area contributed by atoms with Crippen molar-refractivity contribution in [2.75, 3.05) is 0 Å². The second kappa shape index (κ2) is 5.13. The molecule has 0 aromatic carbocycles. The Bertz CT molecular complexity index is 197. The SMILES string of the molecule is CCC(CC)(CC)N(C(C)=O)C(C)=O. The summed E-state index contributed by atoms with van der Waals surface area (Å²) in [6.07, 6.45) is 2.46. The molecule has 3 heteroatoms. The molecule has 0 radical (unpaired) electrons.